The Hall–Kier alpha value is -1.96. The lowest BCUT2D eigenvalue weighted by molar-refractivity contribution is -0.115. The Balaban J connectivity index is 1.40. The molecule has 0 bridgehead atoms. The van der Waals surface area contributed by atoms with Gasteiger partial charge in [0.1, 0.15) is 5.01 Å². The Morgan fingerprint density at radius 1 is 1.10 bits per heavy atom. The first kappa shape index (κ1) is 22.2. The maximum atomic E-state index is 12.5. The van der Waals surface area contributed by atoms with Crippen LogP contribution in [0.3, 0.4) is 0 Å². The van der Waals surface area contributed by atoms with Crippen molar-refractivity contribution in [2.24, 2.45) is 0 Å². The molecule has 0 spiro atoms. The standard InChI is InChI=1S/C23H24Cl2N4OS/c1-28-8-10-29(11-9-28)14-16-4-2-5-17(12-16)23-26-18(15-31-23)13-21(30)27-22-19(24)6-3-7-20(22)25/h2-7,12,15H,8-11,13-14H2,1H3,(H,27,30). The van der Waals surface area contributed by atoms with Crippen LogP contribution in [0.4, 0.5) is 5.69 Å². The minimum absolute atomic E-state index is 0.166. The predicted octanol–water partition coefficient (Wildman–Crippen LogP) is 5.05. The number of piperazine rings is 1. The third-order valence-electron chi connectivity index (χ3n) is 5.30. The van der Waals surface area contributed by atoms with E-state index in [4.69, 9.17) is 23.2 Å². The molecule has 3 aromatic rings. The van der Waals surface area contributed by atoms with E-state index in [1.54, 1.807) is 29.5 Å². The number of likely N-dealkylation sites (N-methyl/N-ethyl adjacent to an activating group) is 1. The number of aromatic nitrogens is 1. The molecule has 2 aromatic carbocycles. The van der Waals surface area contributed by atoms with Crippen molar-refractivity contribution in [3.05, 3.63) is 69.1 Å². The van der Waals surface area contributed by atoms with Gasteiger partial charge in [-0.15, -0.1) is 11.3 Å². The van der Waals surface area contributed by atoms with Crippen molar-refractivity contribution >= 4 is 46.1 Å². The van der Waals surface area contributed by atoms with Gasteiger partial charge >= 0.3 is 0 Å². The first-order valence-corrected chi connectivity index (χ1v) is 11.8. The summed E-state index contributed by atoms with van der Waals surface area (Å²) >= 11 is 13.8. The van der Waals surface area contributed by atoms with Crippen molar-refractivity contribution in [3.63, 3.8) is 0 Å². The molecule has 1 N–H and O–H groups in total. The number of anilines is 1. The maximum absolute atomic E-state index is 12.5. The fourth-order valence-corrected chi connectivity index (χ4v) is 4.86. The van der Waals surface area contributed by atoms with E-state index in [1.165, 1.54) is 5.56 Å². The van der Waals surface area contributed by atoms with Gasteiger partial charge in [-0.3, -0.25) is 9.69 Å². The number of amides is 1. The lowest BCUT2D eigenvalue weighted by Gasteiger charge is -2.32. The van der Waals surface area contributed by atoms with Gasteiger partial charge in [0.25, 0.3) is 0 Å². The number of benzene rings is 2. The number of rotatable bonds is 6. The Kier molecular flexibility index (Phi) is 7.25. The van der Waals surface area contributed by atoms with Crippen LogP contribution in [0.2, 0.25) is 10.0 Å². The number of thiazole rings is 1. The van der Waals surface area contributed by atoms with E-state index in [-0.39, 0.29) is 12.3 Å². The van der Waals surface area contributed by atoms with Crippen LogP contribution in [-0.2, 0) is 17.8 Å². The van der Waals surface area contributed by atoms with E-state index in [0.717, 1.165) is 49.0 Å². The molecule has 0 atom stereocenters. The van der Waals surface area contributed by atoms with Gasteiger partial charge in [0.05, 0.1) is 27.8 Å². The van der Waals surface area contributed by atoms with Gasteiger partial charge in [-0.1, -0.05) is 47.5 Å². The van der Waals surface area contributed by atoms with Crippen molar-refractivity contribution in [2.75, 3.05) is 38.5 Å². The summed E-state index contributed by atoms with van der Waals surface area (Å²) in [5, 5.41) is 6.46. The molecule has 2 heterocycles. The van der Waals surface area contributed by atoms with Crippen LogP contribution in [0.25, 0.3) is 10.6 Å². The van der Waals surface area contributed by atoms with E-state index in [0.29, 0.717) is 15.7 Å². The van der Waals surface area contributed by atoms with E-state index in [9.17, 15) is 4.79 Å². The number of halogens is 2. The molecule has 1 saturated heterocycles. The lowest BCUT2D eigenvalue weighted by atomic mass is 10.1. The fourth-order valence-electron chi connectivity index (χ4n) is 3.55. The van der Waals surface area contributed by atoms with Crippen LogP contribution in [0.5, 0.6) is 0 Å². The number of carbonyl (C=O) groups excluding carboxylic acids is 1. The SMILES string of the molecule is CN1CCN(Cc2cccc(-c3nc(CC(=O)Nc4c(Cl)cccc4Cl)cs3)c2)CC1. The number of para-hydroxylation sites is 1. The molecule has 1 aliphatic rings. The third-order valence-corrected chi connectivity index (χ3v) is 6.87. The largest absolute Gasteiger partial charge is 0.323 e. The van der Waals surface area contributed by atoms with Crippen molar-refractivity contribution < 1.29 is 4.79 Å². The first-order chi connectivity index (χ1) is 15.0. The Morgan fingerprint density at radius 3 is 2.55 bits per heavy atom. The minimum atomic E-state index is -0.198. The van der Waals surface area contributed by atoms with Gasteiger partial charge in [0, 0.05) is 43.7 Å². The number of hydrogen-bond donors (Lipinski definition) is 1. The molecule has 0 unspecified atom stereocenters. The van der Waals surface area contributed by atoms with Crippen molar-refractivity contribution in [1.29, 1.82) is 0 Å². The monoisotopic (exact) mass is 474 g/mol. The summed E-state index contributed by atoms with van der Waals surface area (Å²) in [5.41, 5.74) is 3.52. The molecule has 0 saturated carbocycles. The van der Waals surface area contributed by atoms with Crippen LogP contribution in [-0.4, -0.2) is 53.9 Å². The van der Waals surface area contributed by atoms with Gasteiger partial charge in [-0.2, -0.15) is 0 Å². The van der Waals surface area contributed by atoms with E-state index < -0.39 is 0 Å². The minimum Gasteiger partial charge on any atom is -0.323 e. The quantitative estimate of drug-likeness (QED) is 0.543. The summed E-state index contributed by atoms with van der Waals surface area (Å²) < 4.78 is 0. The van der Waals surface area contributed by atoms with Crippen LogP contribution >= 0.6 is 34.5 Å². The van der Waals surface area contributed by atoms with Crippen LogP contribution in [0, 0.1) is 0 Å². The summed E-state index contributed by atoms with van der Waals surface area (Å²) in [6, 6.07) is 13.6. The number of nitrogens with zero attached hydrogens (tertiary/aromatic N) is 3. The average molecular weight is 475 g/mol. The highest BCUT2D eigenvalue weighted by Gasteiger charge is 2.15. The second-order valence-corrected chi connectivity index (χ2v) is 9.42. The second-order valence-electron chi connectivity index (χ2n) is 7.75. The summed E-state index contributed by atoms with van der Waals surface area (Å²) in [6.45, 7) is 5.34. The molecule has 0 aliphatic carbocycles. The molecule has 4 rings (SSSR count). The summed E-state index contributed by atoms with van der Waals surface area (Å²) in [5.74, 6) is -0.198. The highest BCUT2D eigenvalue weighted by molar-refractivity contribution is 7.13. The first-order valence-electron chi connectivity index (χ1n) is 10.2. The van der Waals surface area contributed by atoms with Gasteiger partial charge in [0.2, 0.25) is 5.91 Å². The molecule has 1 aliphatic heterocycles. The highest BCUT2D eigenvalue weighted by Crippen LogP contribution is 2.30. The topological polar surface area (TPSA) is 48.5 Å². The fraction of sp³-hybridized carbons (Fsp3) is 0.304. The molecular weight excluding hydrogens is 451 g/mol. The normalized spacial score (nSPS) is 15.2. The zero-order chi connectivity index (χ0) is 21.8. The lowest BCUT2D eigenvalue weighted by Crippen LogP contribution is -2.43. The number of carbonyl (C=O) groups is 1. The molecule has 31 heavy (non-hydrogen) atoms. The third kappa shape index (κ3) is 5.84. The smallest absolute Gasteiger partial charge is 0.230 e. The van der Waals surface area contributed by atoms with Crippen LogP contribution in [0.15, 0.2) is 47.8 Å². The zero-order valence-corrected chi connectivity index (χ0v) is 19.6. The maximum Gasteiger partial charge on any atom is 0.230 e. The van der Waals surface area contributed by atoms with Crippen LogP contribution in [0.1, 0.15) is 11.3 Å². The number of nitrogens with one attached hydrogen (secondary N) is 1. The molecular formula is C23H24Cl2N4OS. The van der Waals surface area contributed by atoms with E-state index in [1.807, 2.05) is 5.38 Å². The molecule has 1 amide bonds. The summed E-state index contributed by atoms with van der Waals surface area (Å²) in [7, 11) is 2.17. The Morgan fingerprint density at radius 2 is 1.81 bits per heavy atom. The Bertz CT molecular complexity index is 1040. The van der Waals surface area contributed by atoms with Crippen molar-refractivity contribution in [3.8, 4) is 10.6 Å². The zero-order valence-electron chi connectivity index (χ0n) is 17.3. The van der Waals surface area contributed by atoms with Crippen molar-refractivity contribution in [2.45, 2.75) is 13.0 Å². The predicted molar refractivity (Wildman–Crippen MR) is 129 cm³/mol. The van der Waals surface area contributed by atoms with Crippen molar-refractivity contribution in [1.82, 2.24) is 14.8 Å². The Labute approximate surface area is 196 Å². The van der Waals surface area contributed by atoms with E-state index >= 15 is 0 Å². The molecule has 1 aromatic heterocycles. The van der Waals surface area contributed by atoms with Gasteiger partial charge in [-0.25, -0.2) is 4.98 Å². The van der Waals surface area contributed by atoms with E-state index in [2.05, 4.69) is 51.4 Å². The summed E-state index contributed by atoms with van der Waals surface area (Å²) in [6.07, 6.45) is 0.166. The average Bonchev–Trinajstić information content (AvgIpc) is 3.21. The number of hydrogen-bond acceptors (Lipinski definition) is 5. The van der Waals surface area contributed by atoms with Gasteiger partial charge in [0.15, 0.2) is 0 Å². The van der Waals surface area contributed by atoms with Gasteiger partial charge in [-0.05, 0) is 30.8 Å². The van der Waals surface area contributed by atoms with Gasteiger partial charge < -0.3 is 10.2 Å². The molecule has 162 valence electrons. The second kappa shape index (κ2) is 10.1. The summed E-state index contributed by atoms with van der Waals surface area (Å²) in [4.78, 5) is 22.0. The molecule has 0 radical (unpaired) electrons. The highest BCUT2D eigenvalue weighted by atomic mass is 35.5. The molecule has 8 heteroatoms. The van der Waals surface area contributed by atoms with Crippen LogP contribution < -0.4 is 5.32 Å². The molecule has 1 fully saturated rings. The molecule has 5 nitrogen and oxygen atoms in total.